The number of ether oxygens (including phenoxy) is 2. The van der Waals surface area contributed by atoms with Crippen molar-refractivity contribution in [1.29, 1.82) is 0 Å². The van der Waals surface area contributed by atoms with Gasteiger partial charge in [0, 0.05) is 6.04 Å². The summed E-state index contributed by atoms with van der Waals surface area (Å²) in [6, 6.07) is 18.0. The number of rotatable bonds is 9. The number of carbonyl (C=O) groups excluding carboxylic acids is 3. The molecule has 2 aromatic carbocycles. The van der Waals surface area contributed by atoms with Crippen LogP contribution in [0.25, 0.3) is 0 Å². The van der Waals surface area contributed by atoms with Gasteiger partial charge in [0.2, 0.25) is 5.91 Å². The molecule has 2 aromatic rings. The fraction of sp³-hybridized carbons (Fsp3) is 0.444. The van der Waals surface area contributed by atoms with Crippen LogP contribution in [0, 0.1) is 5.92 Å². The molecule has 0 bridgehead atoms. The molecule has 3 amide bonds. The van der Waals surface area contributed by atoms with Crippen LogP contribution in [-0.2, 0) is 20.9 Å². The van der Waals surface area contributed by atoms with Crippen LogP contribution >= 0.6 is 0 Å². The van der Waals surface area contributed by atoms with Crippen molar-refractivity contribution in [1.82, 2.24) is 16.0 Å². The fourth-order valence-electron chi connectivity index (χ4n) is 3.71. The average molecular weight is 482 g/mol. The number of amides is 3. The number of nitrogens with one attached hydrogen (secondary N) is 3. The molecule has 1 aliphatic rings. The van der Waals surface area contributed by atoms with Crippen molar-refractivity contribution in [3.63, 3.8) is 0 Å². The second-order valence-corrected chi connectivity index (χ2v) is 9.88. The maximum Gasteiger partial charge on any atom is 0.408 e. The normalized spacial score (nSPS) is 18.5. The highest BCUT2D eigenvalue weighted by molar-refractivity contribution is 5.85. The Labute approximate surface area is 206 Å². The highest BCUT2D eigenvalue weighted by atomic mass is 16.6. The van der Waals surface area contributed by atoms with Crippen LogP contribution in [0.4, 0.5) is 9.59 Å². The summed E-state index contributed by atoms with van der Waals surface area (Å²) >= 11 is 0. The molecule has 3 N–H and O–H groups in total. The van der Waals surface area contributed by atoms with Crippen molar-refractivity contribution in [3.05, 3.63) is 71.8 Å². The lowest BCUT2D eigenvalue weighted by Gasteiger charge is -2.23. The van der Waals surface area contributed by atoms with E-state index in [-0.39, 0.29) is 30.5 Å². The van der Waals surface area contributed by atoms with Gasteiger partial charge in [0.25, 0.3) is 0 Å². The summed E-state index contributed by atoms with van der Waals surface area (Å²) in [7, 11) is 0. The van der Waals surface area contributed by atoms with Gasteiger partial charge >= 0.3 is 12.2 Å². The lowest BCUT2D eigenvalue weighted by Crippen LogP contribution is -2.46. The van der Waals surface area contributed by atoms with E-state index in [1.165, 1.54) is 0 Å². The topological polar surface area (TPSA) is 106 Å². The summed E-state index contributed by atoms with van der Waals surface area (Å²) < 4.78 is 10.6. The molecule has 0 aromatic heterocycles. The van der Waals surface area contributed by atoms with E-state index in [2.05, 4.69) is 16.0 Å². The molecule has 0 radical (unpaired) electrons. The SMILES string of the molecule is C[C@H](NC(=O)OCc1ccccc1)C(=O)N[C@@H](C[C@@H]1C[C@@H]1NC(=O)OC(C)(C)C)c1ccccc1. The molecule has 8 heteroatoms. The highest BCUT2D eigenvalue weighted by Crippen LogP contribution is 2.38. The first kappa shape index (κ1) is 26.1. The third-order valence-electron chi connectivity index (χ3n) is 5.62. The Morgan fingerprint density at radius 3 is 2.20 bits per heavy atom. The zero-order valence-corrected chi connectivity index (χ0v) is 20.7. The Morgan fingerprint density at radius 2 is 1.57 bits per heavy atom. The average Bonchev–Trinajstić information content (AvgIpc) is 3.53. The third-order valence-corrected chi connectivity index (χ3v) is 5.62. The summed E-state index contributed by atoms with van der Waals surface area (Å²) in [6.07, 6.45) is 0.383. The van der Waals surface area contributed by atoms with Crippen LogP contribution in [0.1, 0.15) is 57.7 Å². The molecular weight excluding hydrogens is 446 g/mol. The smallest absolute Gasteiger partial charge is 0.408 e. The summed E-state index contributed by atoms with van der Waals surface area (Å²) in [5.41, 5.74) is 1.27. The van der Waals surface area contributed by atoms with E-state index >= 15 is 0 Å². The summed E-state index contributed by atoms with van der Waals surface area (Å²) in [6.45, 7) is 7.21. The minimum absolute atomic E-state index is 0.0106. The molecule has 0 heterocycles. The van der Waals surface area contributed by atoms with Gasteiger partial charge in [0.1, 0.15) is 18.2 Å². The van der Waals surface area contributed by atoms with Crippen LogP contribution in [0.15, 0.2) is 60.7 Å². The maximum absolute atomic E-state index is 12.9. The highest BCUT2D eigenvalue weighted by Gasteiger charge is 2.41. The van der Waals surface area contributed by atoms with Crippen molar-refractivity contribution in [2.24, 2.45) is 5.92 Å². The summed E-state index contributed by atoms with van der Waals surface area (Å²) in [5, 5.41) is 8.53. The van der Waals surface area contributed by atoms with Gasteiger partial charge < -0.3 is 25.4 Å². The van der Waals surface area contributed by atoms with Gasteiger partial charge in [-0.25, -0.2) is 9.59 Å². The maximum atomic E-state index is 12.9. The standard InChI is InChI=1S/C27H35N3O5/c1-18(28-25(32)34-17-19-11-7-5-8-12-19)24(31)29-22(20-13-9-6-10-14-20)15-21-16-23(21)30-26(33)35-27(2,3)4/h5-14,18,21-23H,15-17H2,1-4H3,(H,28,32)(H,29,31)(H,30,33)/t18-,21+,22-,23-/m0/s1. The van der Waals surface area contributed by atoms with E-state index in [1.54, 1.807) is 6.92 Å². The van der Waals surface area contributed by atoms with Crippen LogP contribution in [0.5, 0.6) is 0 Å². The molecule has 3 rings (SSSR count). The van der Waals surface area contributed by atoms with Gasteiger partial charge in [-0.15, -0.1) is 0 Å². The van der Waals surface area contributed by atoms with E-state index in [0.717, 1.165) is 17.5 Å². The molecule has 0 unspecified atom stereocenters. The number of carbonyl (C=O) groups is 3. The zero-order valence-electron chi connectivity index (χ0n) is 20.7. The van der Waals surface area contributed by atoms with Crippen molar-refractivity contribution < 1.29 is 23.9 Å². The van der Waals surface area contributed by atoms with Gasteiger partial charge in [-0.2, -0.15) is 0 Å². The van der Waals surface area contributed by atoms with E-state index in [0.29, 0.717) is 6.42 Å². The predicted octanol–water partition coefficient (Wildman–Crippen LogP) is 4.46. The van der Waals surface area contributed by atoms with Crippen LogP contribution in [0.2, 0.25) is 0 Å². The molecule has 0 saturated heterocycles. The fourth-order valence-corrected chi connectivity index (χ4v) is 3.71. The molecule has 1 saturated carbocycles. The van der Waals surface area contributed by atoms with Gasteiger partial charge in [0.15, 0.2) is 0 Å². The molecular formula is C27H35N3O5. The Kier molecular flexibility index (Phi) is 8.73. The number of alkyl carbamates (subject to hydrolysis) is 2. The van der Waals surface area contributed by atoms with Crippen molar-refractivity contribution in [2.45, 2.75) is 70.9 Å². The van der Waals surface area contributed by atoms with Crippen molar-refractivity contribution >= 4 is 18.1 Å². The van der Waals surface area contributed by atoms with Gasteiger partial charge in [-0.05, 0) is 57.6 Å². The van der Waals surface area contributed by atoms with Crippen LogP contribution < -0.4 is 16.0 Å². The van der Waals surface area contributed by atoms with Gasteiger partial charge in [-0.3, -0.25) is 4.79 Å². The Balaban J connectivity index is 1.52. The van der Waals surface area contributed by atoms with Crippen LogP contribution in [0.3, 0.4) is 0 Å². The lowest BCUT2D eigenvalue weighted by molar-refractivity contribution is -0.123. The van der Waals surface area contributed by atoms with Crippen molar-refractivity contribution in [3.8, 4) is 0 Å². The molecule has 0 spiro atoms. The minimum atomic E-state index is -0.778. The summed E-state index contributed by atoms with van der Waals surface area (Å²) in [4.78, 5) is 37.1. The third kappa shape index (κ3) is 8.96. The Morgan fingerprint density at radius 1 is 0.943 bits per heavy atom. The zero-order chi connectivity index (χ0) is 25.4. The molecule has 1 fully saturated rings. The number of benzene rings is 2. The summed E-state index contributed by atoms with van der Waals surface area (Å²) in [5.74, 6) is -0.0973. The molecule has 1 aliphatic carbocycles. The van der Waals surface area contributed by atoms with E-state index in [1.807, 2.05) is 81.4 Å². The Bertz CT molecular complexity index is 991. The van der Waals surface area contributed by atoms with Gasteiger partial charge in [-0.1, -0.05) is 60.7 Å². The second kappa shape index (κ2) is 11.7. The monoisotopic (exact) mass is 481 g/mol. The second-order valence-electron chi connectivity index (χ2n) is 9.88. The first-order valence-corrected chi connectivity index (χ1v) is 11.9. The van der Waals surface area contributed by atoms with E-state index in [9.17, 15) is 14.4 Å². The Hall–Kier alpha value is -3.55. The molecule has 8 nitrogen and oxygen atoms in total. The number of hydrogen-bond acceptors (Lipinski definition) is 5. The minimum Gasteiger partial charge on any atom is -0.445 e. The molecule has 35 heavy (non-hydrogen) atoms. The van der Waals surface area contributed by atoms with E-state index < -0.39 is 23.8 Å². The molecule has 4 atom stereocenters. The molecule has 188 valence electrons. The lowest BCUT2D eigenvalue weighted by atomic mass is 10.0. The first-order valence-electron chi connectivity index (χ1n) is 11.9. The van der Waals surface area contributed by atoms with E-state index in [4.69, 9.17) is 9.47 Å². The van der Waals surface area contributed by atoms with Crippen molar-refractivity contribution in [2.75, 3.05) is 0 Å². The molecule has 0 aliphatic heterocycles. The largest absolute Gasteiger partial charge is 0.445 e. The first-order chi connectivity index (χ1) is 16.6. The van der Waals surface area contributed by atoms with Crippen LogP contribution in [-0.4, -0.2) is 35.8 Å². The quantitative estimate of drug-likeness (QED) is 0.490. The number of hydrogen-bond donors (Lipinski definition) is 3. The predicted molar refractivity (Wildman–Crippen MR) is 132 cm³/mol. The van der Waals surface area contributed by atoms with Gasteiger partial charge in [0.05, 0.1) is 6.04 Å².